The second-order valence-corrected chi connectivity index (χ2v) is 6.73. The van der Waals surface area contributed by atoms with Crippen molar-refractivity contribution < 1.29 is 14.6 Å². The summed E-state index contributed by atoms with van der Waals surface area (Å²) in [6, 6.07) is 12.8. The molecular weight excluding hydrogens is 334 g/mol. The van der Waals surface area contributed by atoms with Gasteiger partial charge in [-0.2, -0.15) is 0 Å². The van der Waals surface area contributed by atoms with E-state index in [1.165, 1.54) is 11.8 Å². The highest BCUT2D eigenvalue weighted by molar-refractivity contribution is 8.00. The van der Waals surface area contributed by atoms with E-state index in [2.05, 4.69) is 4.99 Å². The lowest BCUT2D eigenvalue weighted by molar-refractivity contribution is -0.136. The van der Waals surface area contributed by atoms with Gasteiger partial charge in [0, 0.05) is 16.3 Å². The van der Waals surface area contributed by atoms with Gasteiger partial charge in [0.2, 0.25) is 0 Å². The first kappa shape index (κ1) is 15.9. The van der Waals surface area contributed by atoms with Crippen LogP contribution in [0.15, 0.2) is 52.4 Å². The molecule has 0 radical (unpaired) electrons. The molecule has 0 saturated carbocycles. The van der Waals surface area contributed by atoms with Gasteiger partial charge in [0.15, 0.2) is 0 Å². The van der Waals surface area contributed by atoms with Gasteiger partial charge in [-0.25, -0.2) is 0 Å². The molecule has 1 N–H and O–H groups in total. The third-order valence-electron chi connectivity index (χ3n) is 3.52. The Bertz CT molecular complexity index is 774. The van der Waals surface area contributed by atoms with Gasteiger partial charge in [-0.15, -0.1) is 11.8 Å². The maximum absolute atomic E-state index is 11.6. The number of methoxy groups -OCH3 is 1. The van der Waals surface area contributed by atoms with E-state index in [0.29, 0.717) is 17.2 Å². The number of carbonyl (C=O) groups is 1. The van der Waals surface area contributed by atoms with E-state index in [1.54, 1.807) is 19.2 Å². The average Bonchev–Trinajstić information content (AvgIpc) is 2.74. The molecule has 4 nitrogen and oxygen atoms in total. The summed E-state index contributed by atoms with van der Waals surface area (Å²) < 4.78 is 5.22. The number of rotatable bonds is 3. The first-order valence-corrected chi connectivity index (χ1v) is 8.23. The van der Waals surface area contributed by atoms with Gasteiger partial charge in [0.05, 0.1) is 18.5 Å². The van der Waals surface area contributed by atoms with E-state index in [0.717, 1.165) is 21.9 Å². The van der Waals surface area contributed by atoms with E-state index in [4.69, 9.17) is 16.3 Å². The lowest BCUT2D eigenvalue weighted by atomic mass is 10.1. The second kappa shape index (κ2) is 6.64. The van der Waals surface area contributed by atoms with Crippen LogP contribution in [-0.2, 0) is 4.79 Å². The molecule has 2 aromatic rings. The fourth-order valence-electron chi connectivity index (χ4n) is 2.33. The Kier molecular flexibility index (Phi) is 4.59. The minimum absolute atomic E-state index is 0.346. The van der Waals surface area contributed by atoms with Crippen LogP contribution < -0.4 is 4.74 Å². The smallest absolute Gasteiger partial charge is 0.317 e. The number of aliphatic imine (C=N–C) groups is 1. The molecule has 1 aliphatic rings. The quantitative estimate of drug-likeness (QED) is 0.893. The Morgan fingerprint density at radius 2 is 2.04 bits per heavy atom. The van der Waals surface area contributed by atoms with Crippen LogP contribution in [-0.4, -0.2) is 29.1 Å². The van der Waals surface area contributed by atoms with E-state index in [-0.39, 0.29) is 0 Å². The van der Waals surface area contributed by atoms with Gasteiger partial charge < -0.3 is 9.84 Å². The first-order valence-electron chi connectivity index (χ1n) is 6.98. The summed E-state index contributed by atoms with van der Waals surface area (Å²) in [6.45, 7) is 0. The van der Waals surface area contributed by atoms with Crippen molar-refractivity contribution in [3.05, 3.63) is 53.1 Å². The SMILES string of the molecule is COc1ccc2c(c1)S[C@H](C(=O)O)CC(c1ccc(Cl)cc1)=N2. The maximum Gasteiger partial charge on any atom is 0.317 e. The van der Waals surface area contributed by atoms with Crippen molar-refractivity contribution in [2.24, 2.45) is 4.99 Å². The fourth-order valence-corrected chi connectivity index (χ4v) is 3.53. The average molecular weight is 348 g/mol. The zero-order valence-corrected chi connectivity index (χ0v) is 13.9. The van der Waals surface area contributed by atoms with Crippen molar-refractivity contribution >= 4 is 40.7 Å². The summed E-state index contributed by atoms with van der Waals surface area (Å²) >= 11 is 7.22. The van der Waals surface area contributed by atoms with E-state index >= 15 is 0 Å². The molecule has 0 saturated heterocycles. The maximum atomic E-state index is 11.6. The molecule has 1 atom stereocenters. The number of nitrogens with zero attached hydrogens (tertiary/aromatic N) is 1. The molecule has 0 spiro atoms. The Morgan fingerprint density at radius 1 is 1.30 bits per heavy atom. The predicted octanol–water partition coefficient (Wildman–Crippen LogP) is 4.42. The van der Waals surface area contributed by atoms with Gasteiger partial charge in [-0.3, -0.25) is 9.79 Å². The van der Waals surface area contributed by atoms with Crippen molar-refractivity contribution in [2.75, 3.05) is 7.11 Å². The Hall–Kier alpha value is -1.98. The van der Waals surface area contributed by atoms with Crippen LogP contribution in [0.2, 0.25) is 5.02 Å². The number of thioether (sulfide) groups is 1. The molecule has 0 aliphatic carbocycles. The van der Waals surface area contributed by atoms with E-state index < -0.39 is 11.2 Å². The second-order valence-electron chi connectivity index (χ2n) is 5.05. The third-order valence-corrected chi connectivity index (χ3v) is 5.01. The third kappa shape index (κ3) is 3.51. The highest BCUT2D eigenvalue weighted by Crippen LogP contribution is 2.40. The minimum Gasteiger partial charge on any atom is -0.497 e. The van der Waals surface area contributed by atoms with E-state index in [9.17, 15) is 9.90 Å². The summed E-state index contributed by atoms with van der Waals surface area (Å²) in [4.78, 5) is 17.1. The van der Waals surface area contributed by atoms with Crippen molar-refractivity contribution in [3.63, 3.8) is 0 Å². The van der Waals surface area contributed by atoms with Gasteiger partial charge in [0.1, 0.15) is 11.0 Å². The number of halogens is 1. The van der Waals surface area contributed by atoms with Gasteiger partial charge in [0.25, 0.3) is 0 Å². The topological polar surface area (TPSA) is 58.9 Å². The van der Waals surface area contributed by atoms with Gasteiger partial charge in [-0.05, 0) is 35.9 Å². The normalized spacial score (nSPS) is 17.0. The number of carboxylic acids is 1. The highest BCUT2D eigenvalue weighted by Gasteiger charge is 2.26. The van der Waals surface area contributed by atoms with Crippen LogP contribution in [0.1, 0.15) is 12.0 Å². The molecule has 0 unspecified atom stereocenters. The summed E-state index contributed by atoms with van der Waals surface area (Å²) in [5.74, 6) is -0.169. The molecule has 0 amide bonds. The Morgan fingerprint density at radius 3 is 2.70 bits per heavy atom. The predicted molar refractivity (Wildman–Crippen MR) is 92.5 cm³/mol. The number of hydrogen-bond acceptors (Lipinski definition) is 4. The van der Waals surface area contributed by atoms with E-state index in [1.807, 2.05) is 30.3 Å². The Balaban J connectivity index is 2.08. The number of aliphatic carboxylic acids is 1. The molecule has 1 aliphatic heterocycles. The van der Waals surface area contributed by atoms with Crippen molar-refractivity contribution in [1.82, 2.24) is 0 Å². The lowest BCUT2D eigenvalue weighted by Crippen LogP contribution is -2.20. The molecule has 3 rings (SSSR count). The molecular formula is C17H14ClNO3S. The number of ether oxygens (including phenoxy) is 1. The molecule has 6 heteroatoms. The lowest BCUT2D eigenvalue weighted by Gasteiger charge is -2.11. The molecule has 1 heterocycles. The largest absolute Gasteiger partial charge is 0.497 e. The molecule has 2 aromatic carbocycles. The molecule has 0 aromatic heterocycles. The zero-order chi connectivity index (χ0) is 16.4. The van der Waals surface area contributed by atoms with Crippen LogP contribution >= 0.6 is 23.4 Å². The Labute approximate surface area is 143 Å². The summed E-state index contributed by atoms with van der Waals surface area (Å²) in [5.41, 5.74) is 2.37. The molecule has 118 valence electrons. The fraction of sp³-hybridized carbons (Fsp3) is 0.176. The van der Waals surface area contributed by atoms with Crippen LogP contribution in [0, 0.1) is 0 Å². The zero-order valence-electron chi connectivity index (χ0n) is 12.3. The number of carboxylic acid groups (broad SMARTS) is 1. The summed E-state index contributed by atoms with van der Waals surface area (Å²) in [6.07, 6.45) is 0.346. The van der Waals surface area contributed by atoms with Crippen LogP contribution in [0.4, 0.5) is 5.69 Å². The van der Waals surface area contributed by atoms with Gasteiger partial charge in [-0.1, -0.05) is 23.7 Å². The van der Waals surface area contributed by atoms with Crippen molar-refractivity contribution in [3.8, 4) is 5.75 Å². The highest BCUT2D eigenvalue weighted by atomic mass is 35.5. The van der Waals surface area contributed by atoms with Crippen LogP contribution in [0.25, 0.3) is 0 Å². The van der Waals surface area contributed by atoms with Crippen molar-refractivity contribution in [2.45, 2.75) is 16.6 Å². The summed E-state index contributed by atoms with van der Waals surface area (Å²) in [7, 11) is 1.58. The monoisotopic (exact) mass is 347 g/mol. The number of fused-ring (bicyclic) bond motifs is 1. The number of benzene rings is 2. The molecule has 23 heavy (non-hydrogen) atoms. The molecule has 0 fully saturated rings. The first-order chi connectivity index (χ1) is 11.1. The van der Waals surface area contributed by atoms with Gasteiger partial charge >= 0.3 is 5.97 Å². The molecule has 0 bridgehead atoms. The standard InChI is InChI=1S/C17H14ClNO3S/c1-22-12-6-7-13-15(8-12)23-16(17(20)21)9-14(19-13)10-2-4-11(18)5-3-10/h2-8,16H,9H2,1H3,(H,20,21)/t16-/m0/s1. The number of hydrogen-bond donors (Lipinski definition) is 1. The van der Waals surface area contributed by atoms with Crippen LogP contribution in [0.3, 0.4) is 0 Å². The van der Waals surface area contributed by atoms with Crippen LogP contribution in [0.5, 0.6) is 5.75 Å². The van der Waals surface area contributed by atoms with Crippen molar-refractivity contribution in [1.29, 1.82) is 0 Å². The minimum atomic E-state index is -0.854. The summed E-state index contributed by atoms with van der Waals surface area (Å²) in [5, 5.41) is 9.53.